The monoisotopic (exact) mass is 1090 g/mol. The molecule has 0 radical (unpaired) electrons. The molecule has 21 heteroatoms. The second-order valence-electron chi connectivity index (χ2n) is 22.5. The zero-order valence-corrected chi connectivity index (χ0v) is 48.8. The average molecular weight is 1090 g/mol. The maximum atomic E-state index is 13.5. The van der Waals surface area contributed by atoms with E-state index >= 15 is 0 Å². The summed E-state index contributed by atoms with van der Waals surface area (Å²) in [7, 11) is 0. The van der Waals surface area contributed by atoms with Gasteiger partial charge in [0.15, 0.2) is 11.6 Å². The van der Waals surface area contributed by atoms with Gasteiger partial charge in [0.05, 0.1) is 24.1 Å². The zero-order chi connectivity index (χ0) is 57.4. The quantitative estimate of drug-likeness (QED) is 0.0318. The first-order chi connectivity index (χ1) is 36.5. The molecule has 8 rings (SSSR count). The molecule has 4 heterocycles. The molecule has 4 aliphatic rings. The van der Waals surface area contributed by atoms with Crippen LogP contribution in [0.5, 0.6) is 11.5 Å². The zero-order valence-electron chi connectivity index (χ0n) is 46.8. The van der Waals surface area contributed by atoms with Crippen molar-refractivity contribution in [2.45, 2.75) is 141 Å². The number of pyridine rings is 2. The van der Waals surface area contributed by atoms with Crippen molar-refractivity contribution in [3.05, 3.63) is 109 Å². The van der Waals surface area contributed by atoms with Gasteiger partial charge in [-0.15, -0.1) is 13.2 Å². The maximum absolute atomic E-state index is 13.5. The van der Waals surface area contributed by atoms with Crippen molar-refractivity contribution < 1.29 is 91.7 Å². The summed E-state index contributed by atoms with van der Waals surface area (Å²) in [6.45, 7) is 28.2. The first-order valence-electron chi connectivity index (χ1n) is 25.7. The molecule has 0 unspecified atom stereocenters. The van der Waals surface area contributed by atoms with Crippen LogP contribution in [-0.4, -0.2) is 138 Å². The molecule has 79 heavy (non-hydrogen) atoms. The van der Waals surface area contributed by atoms with Crippen LogP contribution in [0.2, 0.25) is 0 Å². The number of benzene rings is 2. The number of carbonyl (C=O) groups is 8. The summed E-state index contributed by atoms with van der Waals surface area (Å²) in [4.78, 5) is 117. The molecule has 8 atom stereocenters. The van der Waals surface area contributed by atoms with Crippen LogP contribution in [0.25, 0.3) is 27.3 Å². The van der Waals surface area contributed by atoms with E-state index in [-0.39, 0.29) is 90.3 Å². The summed E-state index contributed by atoms with van der Waals surface area (Å²) in [5, 5.41) is 7.05. The minimum atomic E-state index is -1.03. The molecule has 2 N–H and O–H groups in total. The fraction of sp³-hybridized carbons (Fsp3) is 0.448. The van der Waals surface area contributed by atoms with Gasteiger partial charge in [-0.2, -0.15) is 11.7 Å². The average Bonchev–Trinajstić information content (AvgIpc) is 4.36. The minimum absolute atomic E-state index is 0. The molecule has 2 aliphatic carbocycles. The largest absolute Gasteiger partial charge is 1.00 e. The van der Waals surface area contributed by atoms with Crippen LogP contribution in [0.15, 0.2) is 73.8 Å². The molecule has 412 valence electrons. The number of nitrogens with one attached hydrogen (secondary N) is 2. The van der Waals surface area contributed by atoms with Gasteiger partial charge in [-0.3, -0.25) is 33.8 Å². The molecule has 2 aromatic heterocycles. The standard InChI is InChI=1S/C29H33N5O6.C29H34N3O6.Na/c1-7-18-13-29(18,17(3)35)33-26(37)23-11-19(15-34(23)27(38)40-28(4,5)6)39-25-12-22(24(36)14-31-30)32-21-10-16(2)8-9-20(21)25;1-8-19-14-29(19,18(4)34)31-26(35)24-12-20(15-32(24)27(36)38-28(5,6)7)37-25-13-22(17(3)33)30-23-11-16(2)9-10-21(23)25;/h7-10,12,14,18-19,23H,1,11,13,15H2,2-6H3,(H,33,37);8-11,13,19-20,24H,1,3,12,14-15H2,2,4-7H3,(H,31,35);/q;-1;+1/t18-,19-,23+,29+;19-,20-,24+,29+;/m11./s1. The summed E-state index contributed by atoms with van der Waals surface area (Å²) >= 11 is 0. The number of carbonyl (C=O) groups excluding carboxylic acids is 8. The molecule has 2 aliphatic heterocycles. The Balaban J connectivity index is 0.000000252. The number of ether oxygens (including phenoxy) is 4. The van der Waals surface area contributed by atoms with Crippen LogP contribution in [-0.2, 0) is 28.7 Å². The van der Waals surface area contributed by atoms with Crippen molar-refractivity contribution in [2.75, 3.05) is 13.1 Å². The third-order valence-corrected chi connectivity index (χ3v) is 14.1. The van der Waals surface area contributed by atoms with E-state index in [1.165, 1.54) is 35.8 Å². The van der Waals surface area contributed by atoms with Crippen molar-refractivity contribution in [2.24, 2.45) is 11.8 Å². The number of hydrogen-bond acceptors (Lipinski definition) is 14. The molecule has 0 spiro atoms. The Morgan fingerprint density at radius 3 is 1.42 bits per heavy atom. The van der Waals surface area contributed by atoms with Crippen LogP contribution < -0.4 is 49.7 Å². The summed E-state index contributed by atoms with van der Waals surface area (Å²) in [5.41, 5.74) is 8.35. The van der Waals surface area contributed by atoms with E-state index < -0.39 is 82.1 Å². The Morgan fingerprint density at radius 1 is 0.684 bits per heavy atom. The van der Waals surface area contributed by atoms with Gasteiger partial charge in [-0.1, -0.05) is 30.4 Å². The summed E-state index contributed by atoms with van der Waals surface area (Å²) in [5.74, 6) is -1.95. The summed E-state index contributed by atoms with van der Waals surface area (Å²) in [6.07, 6.45) is 2.69. The number of nitrogens with zero attached hydrogens (tertiary/aromatic N) is 6. The predicted molar refractivity (Wildman–Crippen MR) is 288 cm³/mol. The number of aromatic nitrogens is 2. The Kier molecular flexibility index (Phi) is 18.2. The fourth-order valence-corrected chi connectivity index (χ4v) is 9.89. The van der Waals surface area contributed by atoms with Crippen LogP contribution in [0, 0.1) is 32.6 Å². The molecule has 2 aromatic carbocycles. The van der Waals surface area contributed by atoms with Crippen molar-refractivity contribution in [3.63, 3.8) is 0 Å². The van der Waals surface area contributed by atoms with E-state index in [2.05, 4.69) is 45.5 Å². The first kappa shape index (κ1) is 61.0. The van der Waals surface area contributed by atoms with E-state index in [1.807, 2.05) is 44.2 Å². The van der Waals surface area contributed by atoms with Gasteiger partial charge in [0.25, 0.3) is 5.78 Å². The van der Waals surface area contributed by atoms with Gasteiger partial charge in [0.2, 0.25) is 11.8 Å². The number of likely N-dealkylation sites (tertiary alicyclic amines) is 2. The van der Waals surface area contributed by atoms with E-state index in [9.17, 15) is 38.4 Å². The number of rotatable bonds is 15. The normalized spacial score (nSPS) is 23.8. The van der Waals surface area contributed by atoms with Crippen molar-refractivity contribution in [1.82, 2.24) is 30.4 Å². The van der Waals surface area contributed by atoms with Gasteiger partial charge >= 0.3 is 48.0 Å². The number of ketones is 4. The second-order valence-corrected chi connectivity index (χ2v) is 22.5. The molecule has 2 saturated heterocycles. The van der Waals surface area contributed by atoms with Gasteiger partial charge < -0.3 is 44.9 Å². The molecular formula is C58H67N8NaO12. The number of amides is 4. The molecule has 4 fully saturated rings. The maximum Gasteiger partial charge on any atom is 1.00 e. The third kappa shape index (κ3) is 13.8. The van der Waals surface area contributed by atoms with E-state index in [4.69, 9.17) is 24.5 Å². The molecule has 4 aromatic rings. The number of Topliss-reactive ketones (excluding diaryl/α,β-unsaturated/α-hetero) is 4. The third-order valence-electron chi connectivity index (χ3n) is 14.1. The van der Waals surface area contributed by atoms with Crippen LogP contribution >= 0.6 is 0 Å². The fourth-order valence-electron chi connectivity index (χ4n) is 9.89. The predicted octanol–water partition coefficient (Wildman–Crippen LogP) is 4.40. The van der Waals surface area contributed by atoms with Crippen LogP contribution in [0.3, 0.4) is 0 Å². The van der Waals surface area contributed by atoms with Gasteiger partial charge in [-0.05, 0) is 123 Å². The molecule has 0 bridgehead atoms. The number of fused-ring (bicyclic) bond motifs is 2. The number of aryl methyl sites for hydroxylation is 2. The van der Waals surface area contributed by atoms with E-state index in [1.54, 1.807) is 59.8 Å². The Labute approximate surface area is 481 Å². The molecular weight excluding hydrogens is 1020 g/mol. The van der Waals surface area contributed by atoms with Gasteiger partial charge in [-0.25, -0.2) is 14.6 Å². The summed E-state index contributed by atoms with van der Waals surface area (Å²) < 4.78 is 23.8. The van der Waals surface area contributed by atoms with E-state index in [0.717, 1.165) is 17.3 Å². The summed E-state index contributed by atoms with van der Waals surface area (Å²) in [6, 6.07) is 12.2. The Hall–Kier alpha value is -7.25. The van der Waals surface area contributed by atoms with Crippen molar-refractivity contribution in [1.29, 1.82) is 0 Å². The minimum Gasteiger partial charge on any atom is -0.489 e. The molecule has 2 saturated carbocycles. The van der Waals surface area contributed by atoms with Crippen LogP contribution in [0.4, 0.5) is 9.59 Å². The van der Waals surface area contributed by atoms with Crippen LogP contribution in [0.1, 0.15) is 113 Å². The van der Waals surface area contributed by atoms with Crippen molar-refractivity contribution in [3.8, 4) is 11.5 Å². The Morgan fingerprint density at radius 2 is 1.08 bits per heavy atom. The Bertz CT molecular complexity index is 3220. The molecule has 20 nitrogen and oxygen atoms in total. The van der Waals surface area contributed by atoms with Gasteiger partial charge in [0, 0.05) is 47.3 Å². The van der Waals surface area contributed by atoms with Gasteiger partial charge in [0.1, 0.15) is 63.8 Å². The second kappa shape index (κ2) is 23.6. The van der Waals surface area contributed by atoms with E-state index in [0.29, 0.717) is 46.1 Å². The SMILES string of the molecule is C=C[C@@H]1C[C@]1(NC(=O)[C@@H]1C[C@@H](Oc2cc(C(=O)C=[N+]=[N-])nc3cc(C)ccc23)CN1C(=O)OC(C)(C)C)C(C)=O.C=C[C@@H]1C[C@]1(NC(=O)[C@@H]1C[C@@H](Oc2cc(C([CH2-])=O)nc3cc(C)ccc23)CN1C(=O)OC(C)(C)C)C(C)=O.[Na+]. The number of hydrogen-bond donors (Lipinski definition) is 2. The smallest absolute Gasteiger partial charge is 0.489 e. The topological polar surface area (TPSA) is 266 Å². The molecule has 4 amide bonds. The first-order valence-corrected chi connectivity index (χ1v) is 25.7. The van der Waals surface area contributed by atoms with Crippen molar-refractivity contribution >= 4 is 75.2 Å².